The first kappa shape index (κ1) is 51.7. The Hall–Kier alpha value is -5.68. The number of amides is 7. The fraction of sp³-hybridized carbons (Fsp3) is 0.326. The third-order valence-electron chi connectivity index (χ3n) is 9.89. The largest absolute Gasteiger partial charge is 0.496 e. The van der Waals surface area contributed by atoms with Crippen LogP contribution in [0.3, 0.4) is 0 Å². The van der Waals surface area contributed by atoms with Crippen LogP contribution in [0.1, 0.15) is 71.1 Å². The van der Waals surface area contributed by atoms with Gasteiger partial charge in [-0.3, -0.25) is 33.6 Å². The van der Waals surface area contributed by atoms with E-state index >= 15 is 0 Å². The fourth-order valence-electron chi connectivity index (χ4n) is 6.74. The topological polar surface area (TPSA) is 249 Å². The second kappa shape index (κ2) is 23.7. The molecule has 4 aromatic rings. The van der Waals surface area contributed by atoms with Gasteiger partial charge in [0.05, 0.1) is 31.9 Å². The average Bonchev–Trinajstić information content (AvgIpc) is 4.00. The molecule has 1 aromatic carbocycles. The molecule has 0 saturated heterocycles. The number of thiazole rings is 1. The van der Waals surface area contributed by atoms with E-state index in [1.807, 2.05) is 25.1 Å². The summed E-state index contributed by atoms with van der Waals surface area (Å²) >= 11 is 1.10. The van der Waals surface area contributed by atoms with Gasteiger partial charge >= 0.3 is 0 Å². The molecule has 336 valence electrons. The molecule has 2 bridgehead atoms. The van der Waals surface area contributed by atoms with Crippen molar-refractivity contribution in [1.29, 1.82) is 0 Å². The molecule has 4 heterocycles. The molecule has 1 aliphatic heterocycles. The number of ether oxygens (including phenoxy) is 1. The number of fused-ring (bicyclic) bond motifs is 3. The van der Waals surface area contributed by atoms with Gasteiger partial charge in [-0.1, -0.05) is 38.3 Å². The summed E-state index contributed by atoms with van der Waals surface area (Å²) < 4.78 is 5.60. The van der Waals surface area contributed by atoms with Crippen LogP contribution >= 0.6 is 11.3 Å². The minimum absolute atomic E-state index is 0. The number of nitrogens with zero attached hydrogens (tertiary/aromatic N) is 2. The van der Waals surface area contributed by atoms with Crippen molar-refractivity contribution in [1.82, 2.24) is 51.8 Å². The maximum absolute atomic E-state index is 14.5. The number of H-pyrrole nitrogens is 2. The van der Waals surface area contributed by atoms with E-state index in [2.05, 4.69) is 60.0 Å². The number of allylic oxidation sites excluding steroid dienone is 1. The van der Waals surface area contributed by atoms with Gasteiger partial charge in [0.1, 0.15) is 34.6 Å². The standard InChI is InChI=1S/C42H50N10O8S.CH3.Sm/c1-8-12-26-24(17-43-27(26)9-2)15-31-39(57)49-30(16-25-18-44-29-13-11-14-33(60-7)36(25)29)37(55)45-19-34(53)48-28(10-3)38(56)47-23(5)42(59)52(6)20-35(54)46-22(4)41-51-32(21-61-41)40(58)50-31;;/h8-9,11-14,17-18,21-22,28,30-31,43-44H,2,5,10,15-16,19-20H2,1,3-4,6-7H3,(H,45,55)(H,46,54)(H,47,56)(H,48,53)(H,49,57)(H,50,58);1H3;/q;-1;/b12-8-;;/t22?,28-,30+,31+;;/m1../s1. The number of methoxy groups -OCH3 is 1. The van der Waals surface area contributed by atoms with Gasteiger partial charge in [-0.05, 0) is 49.6 Å². The second-order valence-electron chi connectivity index (χ2n) is 14.3. The molecule has 0 saturated carbocycles. The molecular weight excluding hydrogens is 967 g/mol. The van der Waals surface area contributed by atoms with Crippen molar-refractivity contribution < 1.29 is 78.7 Å². The third-order valence-corrected chi connectivity index (χ3v) is 10.9. The van der Waals surface area contributed by atoms with Crippen molar-refractivity contribution in [3.8, 4) is 5.75 Å². The molecule has 18 nitrogen and oxygen atoms in total. The van der Waals surface area contributed by atoms with E-state index in [4.69, 9.17) is 4.74 Å². The van der Waals surface area contributed by atoms with Crippen LogP contribution in [-0.2, 0) is 41.6 Å². The summed E-state index contributed by atoms with van der Waals surface area (Å²) in [5.41, 5.74) is 3.07. The van der Waals surface area contributed by atoms with Crippen LogP contribution < -0.4 is 36.6 Å². The summed E-state index contributed by atoms with van der Waals surface area (Å²) in [4.78, 5) is 107. The Morgan fingerprint density at radius 1 is 0.921 bits per heavy atom. The predicted molar refractivity (Wildman–Crippen MR) is 236 cm³/mol. The molecule has 1 unspecified atom stereocenters. The van der Waals surface area contributed by atoms with Crippen LogP contribution in [0.15, 0.2) is 60.9 Å². The molecular formula is C43H53N10O8SSm-. The number of hydrogen-bond acceptors (Lipinski definition) is 10. The Labute approximate surface area is 402 Å². The first-order chi connectivity index (χ1) is 29.2. The normalized spacial score (nSPS) is 20.0. The molecule has 0 radical (unpaired) electrons. The minimum atomic E-state index is -1.30. The number of aromatic amines is 2. The SMILES string of the molecule is C=Cc1[nH]cc(C[C@@H]2NC(=O)c3csc(n3)C(C)NC(=O)CN(C)C(=O)C(=C)NC(=O)[C@@H](CC)NC(=O)CNC(=O)[C@H](Cc3c[nH]c4cccc(OC)c34)NC2=O)c1/C=C\C.[CH3-].[Sm]. The van der Waals surface area contributed by atoms with E-state index in [1.54, 1.807) is 44.4 Å². The zero-order valence-corrected chi connectivity index (χ0v) is 39.4. The summed E-state index contributed by atoms with van der Waals surface area (Å²) in [6.45, 7) is 11.6. The number of benzene rings is 1. The molecule has 1 aliphatic rings. The predicted octanol–water partition coefficient (Wildman–Crippen LogP) is 2.45. The van der Waals surface area contributed by atoms with Gasteiger partial charge in [-0.2, -0.15) is 0 Å². The van der Waals surface area contributed by atoms with Crippen molar-refractivity contribution in [2.75, 3.05) is 27.2 Å². The van der Waals surface area contributed by atoms with Gasteiger partial charge in [-0.25, -0.2) is 4.98 Å². The van der Waals surface area contributed by atoms with Gasteiger partial charge in [0.25, 0.3) is 11.8 Å². The quantitative estimate of drug-likeness (QED) is 0.0953. The molecule has 20 heteroatoms. The van der Waals surface area contributed by atoms with Crippen molar-refractivity contribution in [2.45, 2.75) is 64.2 Å². The smallest absolute Gasteiger partial charge is 0.271 e. The first-order valence-electron chi connectivity index (χ1n) is 19.4. The Morgan fingerprint density at radius 2 is 1.62 bits per heavy atom. The fourth-order valence-corrected chi connectivity index (χ4v) is 7.55. The van der Waals surface area contributed by atoms with E-state index in [1.165, 1.54) is 19.5 Å². The molecule has 7 amide bonds. The molecule has 0 spiro atoms. The van der Waals surface area contributed by atoms with Crippen molar-refractivity contribution in [2.24, 2.45) is 0 Å². The number of nitrogens with one attached hydrogen (secondary N) is 8. The Bertz CT molecular complexity index is 2390. The third kappa shape index (κ3) is 12.9. The molecule has 63 heavy (non-hydrogen) atoms. The van der Waals surface area contributed by atoms with Crippen molar-refractivity contribution >= 4 is 75.7 Å². The van der Waals surface area contributed by atoms with Crippen molar-refractivity contribution in [3.63, 3.8) is 0 Å². The monoisotopic (exact) mass is 1020 g/mol. The van der Waals surface area contributed by atoms with Crippen LogP contribution in [0, 0.1) is 47.8 Å². The van der Waals surface area contributed by atoms with Gasteiger partial charge in [-0.15, -0.1) is 11.3 Å². The number of carbonyl (C=O) groups excluding carboxylic acids is 7. The van der Waals surface area contributed by atoms with Gasteiger partial charge < -0.3 is 58.9 Å². The van der Waals surface area contributed by atoms with Gasteiger partial charge in [0.15, 0.2) is 0 Å². The Balaban J connectivity index is 0.00000528. The van der Waals surface area contributed by atoms with E-state index in [0.29, 0.717) is 38.5 Å². The number of aromatic nitrogens is 3. The van der Waals surface area contributed by atoms with E-state index in [-0.39, 0.29) is 78.5 Å². The molecule has 3 aromatic heterocycles. The molecule has 4 atom stereocenters. The zero-order valence-electron chi connectivity index (χ0n) is 35.9. The van der Waals surface area contributed by atoms with E-state index < -0.39 is 78.6 Å². The van der Waals surface area contributed by atoms with Gasteiger partial charge in [0.2, 0.25) is 29.5 Å². The zero-order chi connectivity index (χ0) is 44.4. The van der Waals surface area contributed by atoms with Crippen molar-refractivity contribution in [3.05, 3.63) is 101 Å². The van der Waals surface area contributed by atoms with Gasteiger partial charge in [0, 0.05) is 100 Å². The maximum atomic E-state index is 14.5. The van der Waals surface area contributed by atoms with Crippen LogP contribution in [0.25, 0.3) is 23.1 Å². The number of rotatable bonds is 8. The number of carbonyl (C=O) groups is 7. The molecule has 5 rings (SSSR count). The minimum Gasteiger partial charge on any atom is -0.496 e. The first-order valence-corrected chi connectivity index (χ1v) is 20.3. The maximum Gasteiger partial charge on any atom is 0.271 e. The van der Waals surface area contributed by atoms with E-state index in [9.17, 15) is 33.6 Å². The van der Waals surface area contributed by atoms with Crippen LogP contribution in [0.4, 0.5) is 0 Å². The van der Waals surface area contributed by atoms with E-state index in [0.717, 1.165) is 21.8 Å². The summed E-state index contributed by atoms with van der Waals surface area (Å²) in [7, 11) is 2.86. The average molecular weight is 1020 g/mol. The Morgan fingerprint density at radius 3 is 2.30 bits per heavy atom. The molecule has 0 fully saturated rings. The number of hydrogen-bond donors (Lipinski definition) is 8. The summed E-state index contributed by atoms with van der Waals surface area (Å²) in [6, 6.07) is 1.01. The number of likely N-dealkylation sites (N-methyl/N-ethyl adjacent to an activating group) is 1. The summed E-state index contributed by atoms with van der Waals surface area (Å²) in [5, 5.41) is 18.4. The van der Waals surface area contributed by atoms with Crippen LogP contribution in [0.5, 0.6) is 5.75 Å². The van der Waals surface area contributed by atoms with Crippen LogP contribution in [0.2, 0.25) is 0 Å². The molecule has 8 N–H and O–H groups in total. The summed E-state index contributed by atoms with van der Waals surface area (Å²) in [5.74, 6) is -4.42. The molecule has 0 aliphatic carbocycles. The summed E-state index contributed by atoms with van der Waals surface area (Å²) in [6.07, 6.45) is 8.70. The second-order valence-corrected chi connectivity index (χ2v) is 15.2. The Kier molecular flexibility index (Phi) is 19.4. The van der Waals surface area contributed by atoms with Crippen LogP contribution in [-0.4, -0.2) is 107 Å².